The Balaban J connectivity index is 2.05. The Morgan fingerprint density at radius 2 is 2.15 bits per heavy atom. The van der Waals surface area contributed by atoms with E-state index in [0.717, 1.165) is 25.9 Å². The first-order chi connectivity index (χ1) is 12.1. The van der Waals surface area contributed by atoms with Crippen molar-refractivity contribution in [3.63, 3.8) is 0 Å². The van der Waals surface area contributed by atoms with Gasteiger partial charge in [0.25, 0.3) is 0 Å². The summed E-state index contributed by atoms with van der Waals surface area (Å²) in [6, 6.07) is 0.841. The Kier molecular flexibility index (Phi) is 7.20. The molecule has 0 saturated carbocycles. The quantitative estimate of drug-likeness (QED) is 0.758. The first-order valence-electron chi connectivity index (χ1n) is 8.85. The van der Waals surface area contributed by atoms with Gasteiger partial charge >= 0.3 is 6.09 Å². The summed E-state index contributed by atoms with van der Waals surface area (Å²) >= 11 is 5.66. The molecular formula is C18H27ClFN3O3. The lowest BCUT2D eigenvalue weighted by atomic mass is 10.0. The number of hydrogen-bond donors (Lipinski definition) is 2. The Labute approximate surface area is 158 Å². The van der Waals surface area contributed by atoms with E-state index in [9.17, 15) is 14.3 Å². The number of carbonyl (C=O) groups is 1. The topological polar surface area (TPSA) is 74.7 Å². The van der Waals surface area contributed by atoms with Gasteiger partial charge in [0, 0.05) is 25.8 Å². The van der Waals surface area contributed by atoms with Crippen LogP contribution in [0.5, 0.6) is 0 Å². The average Bonchev–Trinajstić information content (AvgIpc) is 2.54. The summed E-state index contributed by atoms with van der Waals surface area (Å²) in [5, 5.41) is 12.2. The minimum atomic E-state index is -0.624. The summed E-state index contributed by atoms with van der Waals surface area (Å²) in [5.74, 6) is -0.624. The zero-order valence-electron chi connectivity index (χ0n) is 15.5. The molecule has 1 saturated heterocycles. The molecule has 8 heteroatoms. The normalized spacial score (nSPS) is 17.8. The van der Waals surface area contributed by atoms with Gasteiger partial charge in [-0.15, -0.1) is 0 Å². The molecule has 1 aliphatic heterocycles. The average molecular weight is 388 g/mol. The number of likely N-dealkylation sites (tertiary alicyclic amines) is 1. The van der Waals surface area contributed by atoms with Gasteiger partial charge < -0.3 is 20.1 Å². The second kappa shape index (κ2) is 8.97. The van der Waals surface area contributed by atoms with E-state index < -0.39 is 23.6 Å². The van der Waals surface area contributed by atoms with E-state index >= 15 is 0 Å². The number of pyridine rings is 1. The lowest BCUT2D eigenvalue weighted by Crippen LogP contribution is -2.39. The summed E-state index contributed by atoms with van der Waals surface area (Å²) in [4.78, 5) is 18.2. The van der Waals surface area contributed by atoms with E-state index in [1.54, 1.807) is 20.8 Å². The molecule has 6 nitrogen and oxygen atoms in total. The molecule has 2 heterocycles. The third kappa shape index (κ3) is 6.70. The van der Waals surface area contributed by atoms with E-state index in [1.165, 1.54) is 12.3 Å². The van der Waals surface area contributed by atoms with Gasteiger partial charge in [0.15, 0.2) is 11.0 Å². The van der Waals surface area contributed by atoms with Crippen molar-refractivity contribution in [2.75, 3.05) is 19.6 Å². The van der Waals surface area contributed by atoms with Crippen molar-refractivity contribution in [3.8, 4) is 0 Å². The number of alkyl carbamates (subject to hydrolysis) is 1. The van der Waals surface area contributed by atoms with E-state index in [2.05, 4.69) is 15.2 Å². The fourth-order valence-corrected chi connectivity index (χ4v) is 2.96. The maximum Gasteiger partial charge on any atom is 0.408 e. The van der Waals surface area contributed by atoms with Crippen LogP contribution in [0.2, 0.25) is 5.15 Å². The van der Waals surface area contributed by atoms with E-state index in [-0.39, 0.29) is 11.3 Å². The van der Waals surface area contributed by atoms with Gasteiger partial charge in [-0.05, 0) is 51.7 Å². The lowest BCUT2D eigenvalue weighted by Gasteiger charge is -2.31. The molecule has 0 aliphatic carbocycles. The van der Waals surface area contributed by atoms with E-state index in [4.69, 9.17) is 16.3 Å². The SMILES string of the molecule is CC(C)(C)OC(=O)N[C@H](CCN1CCC(O)CC1)c1cnc(Cl)c(F)c1. The molecule has 1 aromatic heterocycles. The summed E-state index contributed by atoms with van der Waals surface area (Å²) in [7, 11) is 0. The number of amides is 1. The summed E-state index contributed by atoms with van der Waals surface area (Å²) in [6.45, 7) is 7.65. The molecule has 0 radical (unpaired) electrons. The third-order valence-corrected chi connectivity index (χ3v) is 4.48. The number of aliphatic hydroxyl groups is 1. The molecular weight excluding hydrogens is 361 g/mol. The number of aromatic nitrogens is 1. The Morgan fingerprint density at radius 3 is 2.73 bits per heavy atom. The number of hydrogen-bond acceptors (Lipinski definition) is 5. The van der Waals surface area contributed by atoms with Crippen molar-refractivity contribution in [3.05, 3.63) is 28.8 Å². The molecule has 0 spiro atoms. The van der Waals surface area contributed by atoms with Crippen LogP contribution in [0.25, 0.3) is 0 Å². The van der Waals surface area contributed by atoms with Crippen molar-refractivity contribution in [1.29, 1.82) is 0 Å². The number of piperidine rings is 1. The van der Waals surface area contributed by atoms with Crippen molar-refractivity contribution >= 4 is 17.7 Å². The van der Waals surface area contributed by atoms with Crippen LogP contribution >= 0.6 is 11.6 Å². The number of nitrogens with one attached hydrogen (secondary N) is 1. The highest BCUT2D eigenvalue weighted by Gasteiger charge is 2.23. The van der Waals surface area contributed by atoms with Gasteiger partial charge in [-0.3, -0.25) is 0 Å². The molecule has 1 aromatic rings. The molecule has 0 bridgehead atoms. The van der Waals surface area contributed by atoms with Crippen LogP contribution in [-0.4, -0.2) is 52.4 Å². The highest BCUT2D eigenvalue weighted by atomic mass is 35.5. The summed E-state index contributed by atoms with van der Waals surface area (Å²) in [6.07, 6.45) is 2.71. The Bertz CT molecular complexity index is 616. The Hall–Kier alpha value is -1.44. The van der Waals surface area contributed by atoms with Gasteiger partial charge in [-0.2, -0.15) is 0 Å². The molecule has 0 unspecified atom stereocenters. The zero-order valence-corrected chi connectivity index (χ0v) is 16.2. The molecule has 0 aromatic carbocycles. The molecule has 2 rings (SSSR count). The zero-order chi connectivity index (χ0) is 19.3. The van der Waals surface area contributed by atoms with Crippen molar-refractivity contribution < 1.29 is 19.0 Å². The van der Waals surface area contributed by atoms with Crippen LogP contribution in [0.4, 0.5) is 9.18 Å². The minimum absolute atomic E-state index is 0.199. The summed E-state index contributed by atoms with van der Waals surface area (Å²) in [5.41, 5.74) is -0.0870. The van der Waals surface area contributed by atoms with Crippen LogP contribution in [0.3, 0.4) is 0 Å². The molecule has 1 aliphatic rings. The summed E-state index contributed by atoms with van der Waals surface area (Å²) < 4.78 is 19.1. The second-order valence-electron chi connectivity index (χ2n) is 7.60. The molecule has 2 N–H and O–H groups in total. The van der Waals surface area contributed by atoms with Crippen molar-refractivity contribution in [2.45, 2.75) is 57.8 Å². The molecule has 1 fully saturated rings. The maximum atomic E-state index is 13.8. The van der Waals surface area contributed by atoms with E-state index in [0.29, 0.717) is 18.5 Å². The Morgan fingerprint density at radius 1 is 1.50 bits per heavy atom. The number of carbonyl (C=O) groups excluding carboxylic acids is 1. The molecule has 26 heavy (non-hydrogen) atoms. The predicted molar refractivity (Wildman–Crippen MR) is 97.6 cm³/mol. The van der Waals surface area contributed by atoms with E-state index in [1.807, 2.05) is 0 Å². The number of rotatable bonds is 5. The van der Waals surface area contributed by atoms with Crippen LogP contribution < -0.4 is 5.32 Å². The lowest BCUT2D eigenvalue weighted by molar-refractivity contribution is 0.0491. The van der Waals surface area contributed by atoms with Gasteiger partial charge in [0.2, 0.25) is 0 Å². The van der Waals surface area contributed by atoms with Gasteiger partial charge in [0.1, 0.15) is 5.60 Å². The van der Waals surface area contributed by atoms with Gasteiger partial charge in [-0.25, -0.2) is 14.2 Å². The highest BCUT2D eigenvalue weighted by Crippen LogP contribution is 2.22. The molecule has 1 amide bonds. The number of aliphatic hydroxyl groups excluding tert-OH is 1. The van der Waals surface area contributed by atoms with Crippen LogP contribution in [0.1, 0.15) is 51.6 Å². The first-order valence-corrected chi connectivity index (χ1v) is 9.23. The van der Waals surface area contributed by atoms with Crippen molar-refractivity contribution in [1.82, 2.24) is 15.2 Å². The van der Waals surface area contributed by atoms with Gasteiger partial charge in [-0.1, -0.05) is 11.6 Å². The standard InChI is InChI=1S/C18H27ClFN3O3/c1-18(2,3)26-17(25)22-15(12-10-14(20)16(19)21-11-12)6-9-23-7-4-13(24)5-8-23/h10-11,13,15,24H,4-9H2,1-3H3,(H,22,25)/t15-/m1/s1. The fourth-order valence-electron chi connectivity index (χ4n) is 2.85. The van der Waals surface area contributed by atoms with Crippen LogP contribution in [0.15, 0.2) is 12.3 Å². The maximum absolute atomic E-state index is 13.8. The third-order valence-electron chi connectivity index (χ3n) is 4.20. The highest BCUT2D eigenvalue weighted by molar-refractivity contribution is 6.29. The second-order valence-corrected chi connectivity index (χ2v) is 7.96. The van der Waals surface area contributed by atoms with Crippen molar-refractivity contribution in [2.24, 2.45) is 0 Å². The predicted octanol–water partition coefficient (Wildman–Crippen LogP) is 3.29. The molecule has 146 valence electrons. The monoisotopic (exact) mass is 387 g/mol. The number of ether oxygens (including phenoxy) is 1. The van der Waals surface area contributed by atoms with Gasteiger partial charge in [0.05, 0.1) is 12.1 Å². The van der Waals surface area contributed by atoms with Crippen LogP contribution in [-0.2, 0) is 4.74 Å². The van der Waals surface area contributed by atoms with Crippen LogP contribution in [0, 0.1) is 5.82 Å². The first kappa shape index (κ1) is 20.9. The minimum Gasteiger partial charge on any atom is -0.444 e. The number of halogens is 2. The largest absolute Gasteiger partial charge is 0.444 e. The fraction of sp³-hybridized carbons (Fsp3) is 0.667. The molecule has 1 atom stereocenters. The number of nitrogens with zero attached hydrogens (tertiary/aromatic N) is 2. The smallest absolute Gasteiger partial charge is 0.408 e.